The molecule has 0 bridgehead atoms. The zero-order valence-corrected chi connectivity index (χ0v) is 14.2. The van der Waals surface area contributed by atoms with E-state index in [1.807, 2.05) is 0 Å². The Balaban J connectivity index is 1.76. The number of ketones is 1. The number of amides is 1. The number of carbonyl (C=O) groups is 2. The molecule has 1 aliphatic rings. The lowest BCUT2D eigenvalue weighted by molar-refractivity contribution is -0.672. The molecule has 0 atom stereocenters. The molecule has 0 fully saturated rings. The van der Waals surface area contributed by atoms with E-state index in [9.17, 15) is 14.4 Å². The van der Waals surface area contributed by atoms with Crippen LogP contribution in [0.2, 0.25) is 0 Å². The molecule has 1 amide bonds. The molecule has 0 saturated carbocycles. The Morgan fingerprint density at radius 3 is 2.59 bits per heavy atom. The molecule has 0 spiro atoms. The second-order valence-electron chi connectivity index (χ2n) is 5.78. The second-order valence-corrected chi connectivity index (χ2v) is 5.78. The summed E-state index contributed by atoms with van der Waals surface area (Å²) in [5.41, 5.74) is 0.832. The van der Waals surface area contributed by atoms with Gasteiger partial charge in [0.05, 0.1) is 12.7 Å². The van der Waals surface area contributed by atoms with Gasteiger partial charge in [-0.2, -0.15) is 0 Å². The fourth-order valence-electron chi connectivity index (χ4n) is 2.88. The average Bonchev–Trinajstić information content (AvgIpc) is 3.22. The molecule has 0 aliphatic carbocycles. The molecular weight excluding hydrogens is 350 g/mol. The van der Waals surface area contributed by atoms with Gasteiger partial charge in [-0.1, -0.05) is 18.2 Å². The maximum Gasteiger partial charge on any atom is 0.439 e. The van der Waals surface area contributed by atoms with E-state index in [-0.39, 0.29) is 11.3 Å². The van der Waals surface area contributed by atoms with Crippen LogP contribution in [0.3, 0.4) is 0 Å². The predicted molar refractivity (Wildman–Crippen MR) is 94.8 cm³/mol. The number of carbonyl (C=O) groups excluding carboxylic acids is 2. The molecule has 27 heavy (non-hydrogen) atoms. The molecular formula is C19H14N3O5+. The van der Waals surface area contributed by atoms with E-state index in [4.69, 9.17) is 9.26 Å². The SMILES string of the molecule is COc1ccc(-[n+]2[nH]oc(=O)c2C(=O)/C=C2/C(=O)Nc3ccccc32)cc1. The third kappa shape index (κ3) is 2.82. The normalized spacial score (nSPS) is 14.1. The maximum absolute atomic E-state index is 12.8. The van der Waals surface area contributed by atoms with E-state index in [2.05, 4.69) is 10.6 Å². The van der Waals surface area contributed by atoms with Crippen LogP contribution in [-0.4, -0.2) is 24.1 Å². The van der Waals surface area contributed by atoms with Gasteiger partial charge in [-0.25, -0.2) is 4.79 Å². The number of para-hydroxylation sites is 1. The summed E-state index contributed by atoms with van der Waals surface area (Å²) in [6, 6.07) is 13.7. The van der Waals surface area contributed by atoms with Crippen LogP contribution in [0.1, 0.15) is 16.1 Å². The fraction of sp³-hybridized carbons (Fsp3) is 0.0526. The van der Waals surface area contributed by atoms with Gasteiger partial charge in [0.1, 0.15) is 5.75 Å². The molecule has 0 saturated heterocycles. The summed E-state index contributed by atoms with van der Waals surface area (Å²) in [5.74, 6) is -0.428. The van der Waals surface area contributed by atoms with Gasteiger partial charge in [-0.05, 0) is 28.2 Å². The molecule has 1 aliphatic heterocycles. The predicted octanol–water partition coefficient (Wildman–Crippen LogP) is 1.47. The number of rotatable bonds is 4. The molecule has 2 aromatic carbocycles. The van der Waals surface area contributed by atoms with Crippen molar-refractivity contribution in [3.05, 3.63) is 76.3 Å². The van der Waals surface area contributed by atoms with Crippen molar-refractivity contribution in [3.8, 4) is 11.4 Å². The van der Waals surface area contributed by atoms with Gasteiger partial charge in [-0.3, -0.25) is 14.1 Å². The van der Waals surface area contributed by atoms with E-state index >= 15 is 0 Å². The summed E-state index contributed by atoms with van der Waals surface area (Å²) in [6.07, 6.45) is 1.14. The van der Waals surface area contributed by atoms with Crippen LogP contribution in [0.25, 0.3) is 11.3 Å². The van der Waals surface area contributed by atoms with E-state index in [1.54, 1.807) is 48.5 Å². The summed E-state index contributed by atoms with van der Waals surface area (Å²) in [4.78, 5) is 37.0. The molecule has 0 radical (unpaired) electrons. The third-order valence-corrected chi connectivity index (χ3v) is 4.20. The number of benzene rings is 2. The number of methoxy groups -OCH3 is 1. The molecule has 1 aromatic heterocycles. The molecule has 8 nitrogen and oxygen atoms in total. The first-order chi connectivity index (χ1) is 13.1. The van der Waals surface area contributed by atoms with E-state index in [1.165, 1.54) is 11.8 Å². The van der Waals surface area contributed by atoms with Crippen molar-refractivity contribution in [1.29, 1.82) is 0 Å². The number of anilines is 1. The van der Waals surface area contributed by atoms with Crippen LogP contribution in [0.4, 0.5) is 5.69 Å². The van der Waals surface area contributed by atoms with E-state index < -0.39 is 17.3 Å². The Hall–Kier alpha value is -3.94. The third-order valence-electron chi connectivity index (χ3n) is 4.20. The van der Waals surface area contributed by atoms with Crippen LogP contribution in [0, 0.1) is 0 Å². The minimum Gasteiger partial charge on any atom is -0.497 e. The topological polar surface area (TPSA) is 105 Å². The lowest BCUT2D eigenvalue weighted by Gasteiger charge is -1.98. The van der Waals surface area contributed by atoms with Crippen LogP contribution in [0.5, 0.6) is 5.75 Å². The van der Waals surface area contributed by atoms with Gasteiger partial charge < -0.3 is 10.1 Å². The quantitative estimate of drug-likeness (QED) is 0.414. The maximum atomic E-state index is 12.8. The average molecular weight is 364 g/mol. The number of allylic oxidation sites excluding steroid dienone is 1. The summed E-state index contributed by atoms with van der Waals surface area (Å²) >= 11 is 0. The van der Waals surface area contributed by atoms with Gasteiger partial charge in [0, 0.05) is 29.5 Å². The summed E-state index contributed by atoms with van der Waals surface area (Å²) < 4.78 is 11.1. The number of fused-ring (bicyclic) bond motifs is 1. The highest BCUT2D eigenvalue weighted by Crippen LogP contribution is 2.31. The van der Waals surface area contributed by atoms with E-state index in [0.29, 0.717) is 22.7 Å². The van der Waals surface area contributed by atoms with E-state index in [0.717, 1.165) is 6.08 Å². The van der Waals surface area contributed by atoms with Crippen molar-refractivity contribution in [2.24, 2.45) is 0 Å². The minimum absolute atomic E-state index is 0.192. The number of nitrogens with one attached hydrogen (secondary N) is 2. The first-order valence-corrected chi connectivity index (χ1v) is 8.03. The van der Waals surface area contributed by atoms with Crippen molar-refractivity contribution in [3.63, 3.8) is 0 Å². The zero-order valence-electron chi connectivity index (χ0n) is 14.2. The molecule has 4 rings (SSSR count). The minimum atomic E-state index is -0.834. The number of H-pyrrole nitrogens is 1. The van der Waals surface area contributed by atoms with Crippen molar-refractivity contribution in [2.45, 2.75) is 0 Å². The number of hydrogen-bond acceptors (Lipinski definition) is 5. The molecule has 2 N–H and O–H groups in total. The Morgan fingerprint density at radius 2 is 1.85 bits per heavy atom. The summed E-state index contributed by atoms with van der Waals surface area (Å²) in [6.45, 7) is 0. The number of ether oxygens (including phenoxy) is 1. The number of aromatic amines is 1. The van der Waals surface area contributed by atoms with Crippen molar-refractivity contribution >= 4 is 23.0 Å². The van der Waals surface area contributed by atoms with Crippen LogP contribution in [-0.2, 0) is 4.79 Å². The Kier molecular flexibility index (Phi) is 3.92. The fourth-order valence-corrected chi connectivity index (χ4v) is 2.88. The van der Waals surface area contributed by atoms with Gasteiger partial charge in [0.2, 0.25) is 5.69 Å². The van der Waals surface area contributed by atoms with Crippen LogP contribution >= 0.6 is 0 Å². The standard InChI is InChI=1S/C19H13N3O5/c1-26-12-8-6-11(7-9-12)22-17(19(25)27-21-22)16(23)10-14-13-4-2-3-5-15(13)20-18(14)24/h2-10H,1H3,(H-,20,21,23,24,25)/p+1. The Bertz CT molecular complexity index is 1140. The molecule has 134 valence electrons. The summed E-state index contributed by atoms with van der Waals surface area (Å²) in [5, 5.41) is 5.08. The van der Waals surface area contributed by atoms with Crippen molar-refractivity contribution in [2.75, 3.05) is 12.4 Å². The highest BCUT2D eigenvalue weighted by molar-refractivity contribution is 6.34. The summed E-state index contributed by atoms with van der Waals surface area (Å²) in [7, 11) is 1.54. The Morgan fingerprint density at radius 1 is 1.11 bits per heavy atom. The van der Waals surface area contributed by atoms with Crippen LogP contribution in [0.15, 0.2) is 63.9 Å². The lowest BCUT2D eigenvalue weighted by atomic mass is 10.1. The van der Waals surface area contributed by atoms with Crippen LogP contribution < -0.4 is 20.4 Å². The zero-order chi connectivity index (χ0) is 19.0. The highest BCUT2D eigenvalue weighted by Gasteiger charge is 2.32. The Labute approximate surface area is 152 Å². The molecule has 2 heterocycles. The number of aromatic nitrogens is 2. The highest BCUT2D eigenvalue weighted by atomic mass is 16.5. The molecule has 0 unspecified atom stereocenters. The lowest BCUT2D eigenvalue weighted by Crippen LogP contribution is -2.40. The molecule has 3 aromatic rings. The first kappa shape index (κ1) is 16.5. The number of hydrogen-bond donors (Lipinski definition) is 2. The van der Waals surface area contributed by atoms with Gasteiger partial charge in [0.25, 0.3) is 11.7 Å². The van der Waals surface area contributed by atoms with Gasteiger partial charge in [-0.15, -0.1) is 0 Å². The first-order valence-electron chi connectivity index (χ1n) is 8.03. The van der Waals surface area contributed by atoms with Crippen molar-refractivity contribution < 1.29 is 23.5 Å². The largest absolute Gasteiger partial charge is 0.497 e. The monoisotopic (exact) mass is 364 g/mol. The smallest absolute Gasteiger partial charge is 0.439 e. The van der Waals surface area contributed by atoms with Gasteiger partial charge in [0.15, 0.2) is 0 Å². The number of nitrogens with zero attached hydrogens (tertiary/aromatic N) is 1. The second kappa shape index (κ2) is 6.41. The van der Waals surface area contributed by atoms with Crippen molar-refractivity contribution in [1.82, 2.24) is 5.27 Å². The van der Waals surface area contributed by atoms with Gasteiger partial charge >= 0.3 is 11.3 Å². The molecule has 8 heteroatoms.